The number of nitrogens with zero attached hydrogens (tertiary/aromatic N) is 3. The van der Waals surface area contributed by atoms with Crippen molar-refractivity contribution >= 4 is 49.8 Å². The normalized spacial score (nSPS) is 12.4. The summed E-state index contributed by atoms with van der Waals surface area (Å²) in [5.74, 6) is 0.958. The highest BCUT2D eigenvalue weighted by molar-refractivity contribution is 8.01. The van der Waals surface area contributed by atoms with E-state index in [0.717, 1.165) is 27.1 Å². The molecule has 0 spiro atoms. The Morgan fingerprint density at radius 1 is 1.36 bits per heavy atom. The molecule has 1 unspecified atom stereocenters. The van der Waals surface area contributed by atoms with Crippen molar-refractivity contribution in [2.75, 3.05) is 28.7 Å². The zero-order chi connectivity index (χ0) is 20.7. The summed E-state index contributed by atoms with van der Waals surface area (Å²) in [7, 11) is -2.22. The van der Waals surface area contributed by atoms with Crippen molar-refractivity contribution in [3.05, 3.63) is 24.3 Å². The van der Waals surface area contributed by atoms with E-state index < -0.39 is 22.0 Å². The maximum Gasteiger partial charge on any atom is 0.250 e. The van der Waals surface area contributed by atoms with E-state index >= 15 is 0 Å². The van der Waals surface area contributed by atoms with Gasteiger partial charge in [0.05, 0.1) is 19.1 Å². The molecule has 0 saturated heterocycles. The second-order valence-corrected chi connectivity index (χ2v) is 10.1. The van der Waals surface area contributed by atoms with Gasteiger partial charge in [-0.3, -0.25) is 14.4 Å². The molecule has 0 aliphatic heterocycles. The van der Waals surface area contributed by atoms with Gasteiger partial charge in [-0.15, -0.1) is 10.2 Å². The highest BCUT2D eigenvalue weighted by Crippen LogP contribution is 2.29. The molecular weight excluding hydrogens is 420 g/mol. The number of benzene rings is 1. The number of hydrogen-bond acceptors (Lipinski definition) is 8. The number of aromatic nitrogens is 2. The third kappa shape index (κ3) is 5.82. The van der Waals surface area contributed by atoms with E-state index in [4.69, 9.17) is 4.74 Å². The quantitative estimate of drug-likeness (QED) is 0.443. The number of carbonyl (C=O) groups is 1. The Balaban J connectivity index is 2.27. The number of methoxy groups -OCH3 is 1. The largest absolute Gasteiger partial charge is 0.497 e. The molecule has 8 nitrogen and oxygen atoms in total. The fourth-order valence-corrected chi connectivity index (χ4v) is 5.39. The van der Waals surface area contributed by atoms with Crippen LogP contribution in [0.5, 0.6) is 5.75 Å². The molecule has 0 fully saturated rings. The van der Waals surface area contributed by atoms with E-state index in [0.29, 0.717) is 16.6 Å². The number of rotatable bonds is 10. The summed E-state index contributed by atoms with van der Waals surface area (Å²) >= 11 is 2.84. The topological polar surface area (TPSA) is 101 Å². The van der Waals surface area contributed by atoms with Crippen LogP contribution in [0.3, 0.4) is 0 Å². The molecule has 2 rings (SSSR count). The molecule has 0 aliphatic rings. The van der Waals surface area contributed by atoms with Gasteiger partial charge in [0, 0.05) is 11.8 Å². The molecule has 2 aromatic rings. The van der Waals surface area contributed by atoms with E-state index in [1.165, 1.54) is 18.4 Å². The van der Waals surface area contributed by atoms with Crippen LogP contribution >= 0.6 is 23.1 Å². The van der Waals surface area contributed by atoms with Crippen molar-refractivity contribution in [1.82, 2.24) is 10.2 Å². The minimum atomic E-state index is -3.72. The standard InChI is InChI=1S/C17H24N4O4S3/c1-5-10-26-17-20-19-16(27-17)18-15(22)14(6-2)21(28(4,23)24)12-8-7-9-13(11-12)25-3/h7-9,11,14H,5-6,10H2,1-4H3,(H,18,19,22). The fourth-order valence-electron chi connectivity index (χ4n) is 2.50. The molecule has 28 heavy (non-hydrogen) atoms. The predicted octanol–water partition coefficient (Wildman–Crippen LogP) is 3.23. The number of hydrogen-bond donors (Lipinski definition) is 1. The van der Waals surface area contributed by atoms with Crippen molar-refractivity contribution < 1.29 is 17.9 Å². The van der Waals surface area contributed by atoms with Crippen LogP contribution in [0, 0.1) is 0 Å². The van der Waals surface area contributed by atoms with Gasteiger partial charge in [-0.1, -0.05) is 43.0 Å². The maximum atomic E-state index is 12.9. The van der Waals surface area contributed by atoms with Crippen LogP contribution in [-0.4, -0.2) is 49.7 Å². The lowest BCUT2D eigenvalue weighted by atomic mass is 10.2. The summed E-state index contributed by atoms with van der Waals surface area (Å²) in [5.41, 5.74) is 0.361. The van der Waals surface area contributed by atoms with Crippen molar-refractivity contribution in [2.24, 2.45) is 0 Å². The zero-order valence-electron chi connectivity index (χ0n) is 16.2. The monoisotopic (exact) mass is 444 g/mol. The molecule has 1 aromatic heterocycles. The second kappa shape index (κ2) is 10.1. The highest BCUT2D eigenvalue weighted by atomic mass is 32.2. The summed E-state index contributed by atoms with van der Waals surface area (Å²) in [6.07, 6.45) is 2.37. The third-order valence-corrected chi connectivity index (χ3v) is 7.06. The van der Waals surface area contributed by atoms with E-state index in [2.05, 4.69) is 22.4 Å². The zero-order valence-corrected chi connectivity index (χ0v) is 18.7. The molecule has 1 heterocycles. The minimum absolute atomic E-state index is 0.284. The van der Waals surface area contributed by atoms with Crippen molar-refractivity contribution in [1.29, 1.82) is 0 Å². The Hall–Kier alpha value is -1.85. The van der Waals surface area contributed by atoms with Crippen LogP contribution in [0.4, 0.5) is 10.8 Å². The van der Waals surface area contributed by atoms with E-state index in [9.17, 15) is 13.2 Å². The number of anilines is 2. The van der Waals surface area contributed by atoms with Gasteiger partial charge in [0.2, 0.25) is 21.1 Å². The van der Waals surface area contributed by atoms with Gasteiger partial charge < -0.3 is 4.74 Å². The summed E-state index contributed by atoms with van der Waals surface area (Å²) < 4.78 is 32.0. The lowest BCUT2D eigenvalue weighted by Crippen LogP contribution is -2.47. The molecule has 154 valence electrons. The average Bonchev–Trinajstić information content (AvgIpc) is 3.10. The highest BCUT2D eigenvalue weighted by Gasteiger charge is 2.32. The molecule has 1 N–H and O–H groups in total. The van der Waals surface area contributed by atoms with Crippen molar-refractivity contribution in [3.8, 4) is 5.75 Å². The van der Waals surface area contributed by atoms with Crippen molar-refractivity contribution in [3.63, 3.8) is 0 Å². The molecule has 0 aliphatic carbocycles. The number of carbonyl (C=O) groups excluding carboxylic acids is 1. The second-order valence-electron chi connectivity index (χ2n) is 5.90. The number of sulfonamides is 1. The number of ether oxygens (including phenoxy) is 1. The maximum absolute atomic E-state index is 12.9. The van der Waals surface area contributed by atoms with Crippen LogP contribution in [0.15, 0.2) is 28.6 Å². The molecule has 0 bridgehead atoms. The van der Waals surface area contributed by atoms with Gasteiger partial charge in [0.1, 0.15) is 11.8 Å². The van der Waals surface area contributed by atoms with Gasteiger partial charge in [-0.25, -0.2) is 8.42 Å². The number of amides is 1. The number of thioether (sulfide) groups is 1. The molecule has 1 atom stereocenters. The first-order valence-corrected chi connectivity index (χ1v) is 12.4. The smallest absolute Gasteiger partial charge is 0.250 e. The van der Waals surface area contributed by atoms with Crippen molar-refractivity contribution in [2.45, 2.75) is 37.1 Å². The Kier molecular flexibility index (Phi) is 8.08. The predicted molar refractivity (Wildman–Crippen MR) is 114 cm³/mol. The van der Waals surface area contributed by atoms with Gasteiger partial charge in [-0.05, 0) is 25.0 Å². The summed E-state index contributed by atoms with van der Waals surface area (Å²) in [6.45, 7) is 3.83. The minimum Gasteiger partial charge on any atom is -0.497 e. The summed E-state index contributed by atoms with van der Waals surface area (Å²) in [4.78, 5) is 12.9. The molecular formula is C17H24N4O4S3. The SMILES string of the molecule is CCCSc1nnc(NC(=O)C(CC)N(c2cccc(OC)c2)S(C)(=O)=O)s1. The van der Waals surface area contributed by atoms with Crippen LogP contribution in [-0.2, 0) is 14.8 Å². The van der Waals surface area contributed by atoms with Gasteiger partial charge in [-0.2, -0.15) is 0 Å². The molecule has 11 heteroatoms. The lowest BCUT2D eigenvalue weighted by Gasteiger charge is -2.29. The lowest BCUT2D eigenvalue weighted by molar-refractivity contribution is -0.117. The van der Waals surface area contributed by atoms with E-state index in [-0.39, 0.29) is 6.42 Å². The Morgan fingerprint density at radius 2 is 2.11 bits per heavy atom. The van der Waals surface area contributed by atoms with E-state index in [1.54, 1.807) is 43.0 Å². The van der Waals surface area contributed by atoms with Crippen LogP contribution in [0.25, 0.3) is 0 Å². The average molecular weight is 445 g/mol. The van der Waals surface area contributed by atoms with Crippen LogP contribution in [0.2, 0.25) is 0 Å². The summed E-state index contributed by atoms with van der Waals surface area (Å²) in [5, 5.41) is 11.1. The van der Waals surface area contributed by atoms with Crippen LogP contribution < -0.4 is 14.4 Å². The third-order valence-electron chi connectivity index (χ3n) is 3.70. The Labute approximate surface area is 173 Å². The van der Waals surface area contributed by atoms with Gasteiger partial charge in [0.25, 0.3) is 0 Å². The van der Waals surface area contributed by atoms with Crippen LogP contribution in [0.1, 0.15) is 26.7 Å². The fraction of sp³-hybridized carbons (Fsp3) is 0.471. The Bertz CT molecular complexity index is 901. The molecule has 1 aromatic carbocycles. The summed E-state index contributed by atoms with van der Waals surface area (Å²) in [6, 6.07) is 5.67. The first-order chi connectivity index (χ1) is 13.3. The molecule has 1 amide bonds. The van der Waals surface area contributed by atoms with Gasteiger partial charge in [0.15, 0.2) is 4.34 Å². The number of nitrogens with one attached hydrogen (secondary N) is 1. The van der Waals surface area contributed by atoms with Gasteiger partial charge >= 0.3 is 0 Å². The van der Waals surface area contributed by atoms with E-state index in [1.807, 2.05) is 0 Å². The first-order valence-electron chi connectivity index (χ1n) is 8.70. The first kappa shape index (κ1) is 22.4. The molecule has 0 saturated carbocycles. The Morgan fingerprint density at radius 3 is 2.71 bits per heavy atom. The molecule has 0 radical (unpaired) electrons.